The van der Waals surface area contributed by atoms with Crippen LogP contribution in [0.1, 0.15) is 43.4 Å². The van der Waals surface area contributed by atoms with E-state index in [9.17, 15) is 27.5 Å². The molecule has 39 heavy (non-hydrogen) atoms. The summed E-state index contributed by atoms with van der Waals surface area (Å²) in [7, 11) is 0. The van der Waals surface area contributed by atoms with E-state index in [1.807, 2.05) is 12.1 Å². The number of nitrogens with zero attached hydrogens (tertiary/aromatic N) is 4. The Morgan fingerprint density at radius 1 is 1.15 bits per heavy atom. The molecule has 0 saturated heterocycles. The van der Waals surface area contributed by atoms with Crippen molar-refractivity contribution in [2.45, 2.75) is 57.0 Å². The lowest BCUT2D eigenvalue weighted by atomic mass is 9.92. The van der Waals surface area contributed by atoms with Crippen molar-refractivity contribution in [2.75, 3.05) is 11.9 Å². The molecular weight excluding hydrogens is 516 g/mol. The van der Waals surface area contributed by atoms with Crippen LogP contribution in [-0.2, 0) is 24.1 Å². The molecule has 0 radical (unpaired) electrons. The summed E-state index contributed by atoms with van der Waals surface area (Å²) in [5.41, 5.74) is 0.483. The minimum absolute atomic E-state index is 0.0329. The highest BCUT2D eigenvalue weighted by molar-refractivity contribution is 5.77. The van der Waals surface area contributed by atoms with Crippen LogP contribution in [0, 0.1) is 5.82 Å². The van der Waals surface area contributed by atoms with Gasteiger partial charge in [-0.15, -0.1) is 0 Å². The van der Waals surface area contributed by atoms with Crippen molar-refractivity contribution in [1.82, 2.24) is 24.6 Å². The molecule has 2 aromatic carbocycles. The number of aromatic nitrogens is 4. The second-order valence-corrected chi connectivity index (χ2v) is 10.7. The van der Waals surface area contributed by atoms with Crippen LogP contribution in [0.4, 0.5) is 29.2 Å². The highest BCUT2D eigenvalue weighted by Gasteiger charge is 2.46. The van der Waals surface area contributed by atoms with Gasteiger partial charge in [-0.1, -0.05) is 6.07 Å². The van der Waals surface area contributed by atoms with Crippen molar-refractivity contribution < 1.29 is 22.7 Å². The van der Waals surface area contributed by atoms with Crippen LogP contribution < -0.4 is 16.2 Å². The molecule has 8 nitrogen and oxygen atoms in total. The van der Waals surface area contributed by atoms with Gasteiger partial charge < -0.3 is 15.7 Å². The van der Waals surface area contributed by atoms with Gasteiger partial charge in [0, 0.05) is 29.5 Å². The third-order valence-electron chi connectivity index (χ3n) is 7.34. The first-order valence-electron chi connectivity index (χ1n) is 12.6. The minimum atomic E-state index is -4.72. The molecule has 3 heterocycles. The summed E-state index contributed by atoms with van der Waals surface area (Å²) in [6.07, 6.45) is -0.492. The zero-order valence-electron chi connectivity index (χ0n) is 21.2. The number of hydrogen-bond donors (Lipinski definition) is 3. The molecule has 2 aromatic heterocycles. The molecule has 1 aliphatic carbocycles. The smallest absolute Gasteiger partial charge is 0.386 e. The summed E-state index contributed by atoms with van der Waals surface area (Å²) >= 11 is 0. The number of rotatable bonds is 5. The number of aliphatic hydroxyl groups is 1. The first kappa shape index (κ1) is 25.5. The van der Waals surface area contributed by atoms with Crippen molar-refractivity contribution in [3.63, 3.8) is 0 Å². The maximum absolute atomic E-state index is 14.5. The Kier molecular flexibility index (Phi) is 5.64. The van der Waals surface area contributed by atoms with Crippen molar-refractivity contribution in [3.05, 3.63) is 75.5 Å². The van der Waals surface area contributed by atoms with Crippen molar-refractivity contribution in [1.29, 1.82) is 0 Å². The fourth-order valence-corrected chi connectivity index (χ4v) is 5.35. The topological polar surface area (TPSA) is 97.0 Å². The van der Waals surface area contributed by atoms with Crippen LogP contribution in [0.5, 0.6) is 0 Å². The summed E-state index contributed by atoms with van der Waals surface area (Å²) in [5, 5.41) is 17.0. The van der Waals surface area contributed by atoms with Gasteiger partial charge in [0.1, 0.15) is 17.7 Å². The minimum Gasteiger partial charge on any atom is -0.386 e. The Balaban J connectivity index is 1.46. The molecular formula is C27H26F4N6O2. The van der Waals surface area contributed by atoms with Gasteiger partial charge >= 0.3 is 6.18 Å². The Labute approximate surface area is 220 Å². The maximum Gasteiger partial charge on any atom is 0.408 e. The Hall–Kier alpha value is -3.77. The van der Waals surface area contributed by atoms with Crippen molar-refractivity contribution >= 4 is 22.7 Å². The lowest BCUT2D eigenvalue weighted by Crippen LogP contribution is -2.36. The van der Waals surface area contributed by atoms with Crippen LogP contribution >= 0.6 is 0 Å². The van der Waals surface area contributed by atoms with Gasteiger partial charge in [0.2, 0.25) is 5.95 Å². The van der Waals surface area contributed by atoms with Crippen LogP contribution in [0.2, 0.25) is 0 Å². The standard InChI is InChI=1S/C27H26F4N6O2/c1-25(2,39)20-12-17(4-6-21(20)28)37-22-18(23(38)36(37)14-27(29,30)31)13-32-24(35-22)34-16-3-5-19-15(11-16)7-10-33-26(19)8-9-26/h3-6,11-13,33,39H,7-10,14H2,1-2H3,(H,32,34,35). The van der Waals surface area contributed by atoms with E-state index < -0.39 is 29.7 Å². The molecule has 0 amide bonds. The molecule has 6 rings (SSSR count). The van der Waals surface area contributed by atoms with E-state index in [1.54, 1.807) is 0 Å². The number of fused-ring (bicyclic) bond motifs is 3. The molecule has 1 aliphatic heterocycles. The monoisotopic (exact) mass is 542 g/mol. The molecule has 3 N–H and O–H groups in total. The number of alkyl halides is 3. The summed E-state index contributed by atoms with van der Waals surface area (Å²) in [6, 6.07) is 9.45. The molecule has 0 unspecified atom stereocenters. The third-order valence-corrected chi connectivity index (χ3v) is 7.34. The first-order chi connectivity index (χ1) is 18.3. The molecule has 204 valence electrons. The van der Waals surface area contributed by atoms with E-state index in [0.29, 0.717) is 10.4 Å². The van der Waals surface area contributed by atoms with Gasteiger partial charge in [-0.2, -0.15) is 18.2 Å². The van der Waals surface area contributed by atoms with Gasteiger partial charge in [0.25, 0.3) is 5.56 Å². The van der Waals surface area contributed by atoms with E-state index in [1.165, 1.54) is 43.3 Å². The molecule has 12 heteroatoms. The number of halogens is 4. The predicted octanol–water partition coefficient (Wildman–Crippen LogP) is 4.39. The lowest BCUT2D eigenvalue weighted by Gasteiger charge is -2.27. The van der Waals surface area contributed by atoms with Crippen LogP contribution in [0.3, 0.4) is 0 Å². The quantitative estimate of drug-likeness (QED) is 0.324. The average Bonchev–Trinajstić information content (AvgIpc) is 3.57. The Bertz CT molecular complexity index is 1660. The highest BCUT2D eigenvalue weighted by atomic mass is 19.4. The molecule has 1 fully saturated rings. The first-order valence-corrected chi connectivity index (χ1v) is 12.6. The van der Waals surface area contributed by atoms with Gasteiger partial charge in [-0.05, 0) is 74.6 Å². The predicted molar refractivity (Wildman–Crippen MR) is 137 cm³/mol. The molecule has 0 bridgehead atoms. The van der Waals surface area contributed by atoms with Crippen molar-refractivity contribution in [2.24, 2.45) is 0 Å². The van der Waals surface area contributed by atoms with Gasteiger partial charge in [0.05, 0.1) is 11.3 Å². The largest absolute Gasteiger partial charge is 0.408 e. The normalized spacial score (nSPS) is 16.5. The maximum atomic E-state index is 14.5. The van der Waals surface area contributed by atoms with Gasteiger partial charge in [-0.3, -0.25) is 4.79 Å². The molecule has 1 saturated carbocycles. The SMILES string of the molecule is CC(C)(O)c1cc(-n2c3nc(Nc4ccc5c(c4)CCNC54CC4)ncc3c(=O)n2CC(F)(F)F)ccc1F. The summed E-state index contributed by atoms with van der Waals surface area (Å²) in [4.78, 5) is 21.7. The van der Waals surface area contributed by atoms with Gasteiger partial charge in [-0.25, -0.2) is 18.7 Å². The van der Waals surface area contributed by atoms with E-state index in [0.717, 1.165) is 36.6 Å². The highest BCUT2D eigenvalue weighted by Crippen LogP contribution is 2.49. The van der Waals surface area contributed by atoms with Crippen molar-refractivity contribution in [3.8, 4) is 5.69 Å². The number of benzene rings is 2. The third kappa shape index (κ3) is 4.57. The van der Waals surface area contributed by atoms with E-state index >= 15 is 0 Å². The fraction of sp³-hybridized carbons (Fsp3) is 0.370. The Morgan fingerprint density at radius 2 is 1.92 bits per heavy atom. The average molecular weight is 543 g/mol. The van der Waals surface area contributed by atoms with E-state index in [-0.39, 0.29) is 33.8 Å². The van der Waals surface area contributed by atoms with E-state index in [2.05, 4.69) is 26.7 Å². The number of nitrogens with one attached hydrogen (secondary N) is 2. The number of anilines is 2. The number of hydrogen-bond acceptors (Lipinski definition) is 6. The summed E-state index contributed by atoms with van der Waals surface area (Å²) in [5.74, 6) is -0.653. The molecule has 1 spiro atoms. The van der Waals surface area contributed by atoms with E-state index in [4.69, 9.17) is 0 Å². The van der Waals surface area contributed by atoms with Gasteiger partial charge in [0.15, 0.2) is 5.65 Å². The summed E-state index contributed by atoms with van der Waals surface area (Å²) < 4.78 is 56.5. The Morgan fingerprint density at radius 3 is 2.62 bits per heavy atom. The molecule has 0 atom stereocenters. The molecule has 4 aromatic rings. The van der Waals surface area contributed by atoms with Crippen LogP contribution in [0.25, 0.3) is 16.7 Å². The zero-order valence-corrected chi connectivity index (χ0v) is 21.2. The van der Waals surface area contributed by atoms with Crippen LogP contribution in [0.15, 0.2) is 47.4 Å². The second kappa shape index (κ2) is 8.62. The summed E-state index contributed by atoms with van der Waals surface area (Å²) in [6.45, 7) is 1.99. The molecule has 2 aliphatic rings. The second-order valence-electron chi connectivity index (χ2n) is 10.7. The zero-order chi connectivity index (χ0) is 27.7. The fourth-order valence-electron chi connectivity index (χ4n) is 5.35. The van der Waals surface area contributed by atoms with Crippen LogP contribution in [-0.4, -0.2) is 37.2 Å². The lowest BCUT2D eigenvalue weighted by molar-refractivity contribution is -0.144.